The minimum absolute atomic E-state index is 0.226. The van der Waals surface area contributed by atoms with Crippen molar-refractivity contribution in [1.82, 2.24) is 14.8 Å². The zero-order chi connectivity index (χ0) is 17.9. The predicted molar refractivity (Wildman–Crippen MR) is 105 cm³/mol. The second-order valence-corrected chi connectivity index (χ2v) is 8.22. The summed E-state index contributed by atoms with van der Waals surface area (Å²) in [4.78, 5) is 0. The second kappa shape index (κ2) is 7.98. The van der Waals surface area contributed by atoms with Gasteiger partial charge in [-0.05, 0) is 43.5 Å². The number of hydrogen-bond donors (Lipinski definition) is 0. The highest BCUT2D eigenvalue weighted by molar-refractivity contribution is 9.10. The molecule has 3 aromatic rings. The summed E-state index contributed by atoms with van der Waals surface area (Å²) >= 11 is 5.18. The summed E-state index contributed by atoms with van der Waals surface area (Å²) in [5.41, 5.74) is 2.25. The van der Waals surface area contributed by atoms with Crippen LogP contribution in [0.3, 0.4) is 0 Å². The van der Waals surface area contributed by atoms with Crippen LogP contribution < -0.4 is 0 Å². The fraction of sp³-hybridized carbons (Fsp3) is 0.368. The number of halogens is 1. The van der Waals surface area contributed by atoms with Crippen LogP contribution >= 0.6 is 27.7 Å². The Morgan fingerprint density at radius 2 is 2.08 bits per heavy atom. The molecule has 0 aliphatic carbocycles. The summed E-state index contributed by atoms with van der Waals surface area (Å²) in [6.45, 7) is 3.57. The van der Waals surface area contributed by atoms with Crippen LogP contribution in [0.2, 0.25) is 0 Å². The molecule has 0 bridgehead atoms. The third-order valence-corrected chi connectivity index (χ3v) is 6.07. The van der Waals surface area contributed by atoms with E-state index in [1.165, 1.54) is 5.56 Å². The number of benzene rings is 1. The normalized spacial score (nSPS) is 17.1. The van der Waals surface area contributed by atoms with E-state index in [0.717, 1.165) is 58.5 Å². The molecule has 0 saturated carbocycles. The van der Waals surface area contributed by atoms with Gasteiger partial charge in [0.2, 0.25) is 0 Å². The molecule has 1 aromatic carbocycles. The second-order valence-electron chi connectivity index (χ2n) is 6.36. The number of ether oxygens (including phenoxy) is 1. The molecule has 1 atom stereocenters. The standard InChI is InChI=1S/C19H20BrN3O2S/c1-13-17(8-10-24-13)18-21-22-19(23(18)11-16-3-2-9-25-16)26-12-14-4-6-15(20)7-5-14/h4-8,10,16H,2-3,9,11-12H2,1H3. The van der Waals surface area contributed by atoms with Crippen molar-refractivity contribution < 1.29 is 9.15 Å². The molecular formula is C19H20BrN3O2S. The number of nitrogens with zero attached hydrogens (tertiary/aromatic N) is 3. The topological polar surface area (TPSA) is 53.1 Å². The monoisotopic (exact) mass is 433 g/mol. The molecule has 1 aliphatic heterocycles. The van der Waals surface area contributed by atoms with E-state index in [1.54, 1.807) is 18.0 Å². The summed E-state index contributed by atoms with van der Waals surface area (Å²) in [6.07, 6.45) is 4.13. The molecule has 1 unspecified atom stereocenters. The lowest BCUT2D eigenvalue weighted by molar-refractivity contribution is 0.0953. The summed E-state index contributed by atoms with van der Waals surface area (Å²) in [5, 5.41) is 9.83. The molecule has 136 valence electrons. The Morgan fingerprint density at radius 3 is 2.77 bits per heavy atom. The van der Waals surface area contributed by atoms with Crippen molar-refractivity contribution in [1.29, 1.82) is 0 Å². The Morgan fingerprint density at radius 1 is 1.23 bits per heavy atom. The highest BCUT2D eigenvalue weighted by Gasteiger charge is 2.23. The van der Waals surface area contributed by atoms with E-state index in [2.05, 4.69) is 55.0 Å². The molecule has 7 heteroatoms. The summed E-state index contributed by atoms with van der Waals surface area (Å²) in [5.74, 6) is 2.56. The largest absolute Gasteiger partial charge is 0.469 e. The number of aryl methyl sites for hydroxylation is 1. The number of hydrogen-bond acceptors (Lipinski definition) is 5. The average Bonchev–Trinajstić information content (AvgIpc) is 3.37. The first-order chi connectivity index (χ1) is 12.7. The molecular weight excluding hydrogens is 414 g/mol. The maximum atomic E-state index is 5.85. The smallest absolute Gasteiger partial charge is 0.191 e. The van der Waals surface area contributed by atoms with E-state index in [1.807, 2.05) is 13.0 Å². The van der Waals surface area contributed by atoms with E-state index >= 15 is 0 Å². The molecule has 2 aromatic heterocycles. The van der Waals surface area contributed by atoms with Gasteiger partial charge in [0.15, 0.2) is 11.0 Å². The van der Waals surface area contributed by atoms with Gasteiger partial charge in [-0.3, -0.25) is 4.57 Å². The van der Waals surface area contributed by atoms with Crippen LogP contribution in [0.15, 0.2) is 50.6 Å². The van der Waals surface area contributed by atoms with Gasteiger partial charge < -0.3 is 9.15 Å². The maximum Gasteiger partial charge on any atom is 0.191 e. The maximum absolute atomic E-state index is 5.85. The van der Waals surface area contributed by atoms with E-state index in [9.17, 15) is 0 Å². The molecule has 1 saturated heterocycles. The van der Waals surface area contributed by atoms with Gasteiger partial charge in [0, 0.05) is 16.8 Å². The van der Waals surface area contributed by atoms with E-state index in [4.69, 9.17) is 9.15 Å². The van der Waals surface area contributed by atoms with Gasteiger partial charge in [0.1, 0.15) is 5.76 Å². The molecule has 0 N–H and O–H groups in total. The van der Waals surface area contributed by atoms with Crippen LogP contribution in [-0.2, 0) is 17.0 Å². The predicted octanol–water partition coefficient (Wildman–Crippen LogP) is 5.08. The van der Waals surface area contributed by atoms with Crippen LogP contribution in [0, 0.1) is 6.92 Å². The third kappa shape index (κ3) is 3.89. The van der Waals surface area contributed by atoms with Gasteiger partial charge in [-0.15, -0.1) is 10.2 Å². The molecule has 3 heterocycles. The highest BCUT2D eigenvalue weighted by atomic mass is 79.9. The lowest BCUT2D eigenvalue weighted by atomic mass is 10.2. The van der Waals surface area contributed by atoms with Crippen LogP contribution in [0.25, 0.3) is 11.4 Å². The Balaban J connectivity index is 1.59. The Kier molecular flexibility index (Phi) is 5.47. The minimum Gasteiger partial charge on any atom is -0.469 e. The highest BCUT2D eigenvalue weighted by Crippen LogP contribution is 2.30. The van der Waals surface area contributed by atoms with Crippen LogP contribution in [0.1, 0.15) is 24.2 Å². The molecule has 26 heavy (non-hydrogen) atoms. The van der Waals surface area contributed by atoms with Crippen LogP contribution in [0.4, 0.5) is 0 Å². The molecule has 1 fully saturated rings. The Bertz CT molecular complexity index is 869. The summed E-state index contributed by atoms with van der Waals surface area (Å²) in [7, 11) is 0. The van der Waals surface area contributed by atoms with E-state index < -0.39 is 0 Å². The number of furan rings is 1. The SMILES string of the molecule is Cc1occc1-c1nnc(SCc2ccc(Br)cc2)n1CC1CCCO1. The van der Waals surface area contributed by atoms with Gasteiger partial charge in [-0.2, -0.15) is 0 Å². The molecule has 0 amide bonds. The summed E-state index contributed by atoms with van der Waals surface area (Å²) < 4.78 is 14.6. The molecule has 1 aliphatic rings. The number of thioether (sulfide) groups is 1. The molecule has 5 nitrogen and oxygen atoms in total. The Labute approximate surface area is 165 Å². The molecule has 0 radical (unpaired) electrons. The van der Waals surface area contributed by atoms with Crippen molar-refractivity contribution in [2.24, 2.45) is 0 Å². The van der Waals surface area contributed by atoms with Gasteiger partial charge in [0.05, 0.1) is 24.5 Å². The number of rotatable bonds is 6. The van der Waals surface area contributed by atoms with Crippen molar-refractivity contribution in [3.05, 3.63) is 52.4 Å². The lowest BCUT2D eigenvalue weighted by Gasteiger charge is -2.14. The van der Waals surface area contributed by atoms with Crippen molar-refractivity contribution in [2.45, 2.75) is 43.3 Å². The van der Waals surface area contributed by atoms with Gasteiger partial charge >= 0.3 is 0 Å². The number of aromatic nitrogens is 3. The van der Waals surface area contributed by atoms with Crippen LogP contribution in [0.5, 0.6) is 0 Å². The molecule has 0 spiro atoms. The van der Waals surface area contributed by atoms with Crippen molar-refractivity contribution >= 4 is 27.7 Å². The fourth-order valence-electron chi connectivity index (χ4n) is 3.10. The lowest BCUT2D eigenvalue weighted by Crippen LogP contribution is -2.16. The van der Waals surface area contributed by atoms with Crippen molar-refractivity contribution in [3.63, 3.8) is 0 Å². The average molecular weight is 434 g/mol. The Hall–Kier alpha value is -1.57. The van der Waals surface area contributed by atoms with Crippen molar-refractivity contribution in [3.8, 4) is 11.4 Å². The zero-order valence-electron chi connectivity index (χ0n) is 14.5. The summed E-state index contributed by atoms with van der Waals surface area (Å²) in [6, 6.07) is 10.3. The fourth-order valence-corrected chi connectivity index (χ4v) is 4.26. The van der Waals surface area contributed by atoms with Crippen LogP contribution in [-0.4, -0.2) is 27.5 Å². The first-order valence-electron chi connectivity index (χ1n) is 8.67. The van der Waals surface area contributed by atoms with E-state index in [-0.39, 0.29) is 6.10 Å². The molecule has 4 rings (SSSR count). The zero-order valence-corrected chi connectivity index (χ0v) is 16.9. The van der Waals surface area contributed by atoms with Crippen molar-refractivity contribution in [2.75, 3.05) is 6.61 Å². The minimum atomic E-state index is 0.226. The third-order valence-electron chi connectivity index (χ3n) is 4.51. The van der Waals surface area contributed by atoms with Gasteiger partial charge in [-0.1, -0.05) is 39.8 Å². The first kappa shape index (κ1) is 17.8. The first-order valence-corrected chi connectivity index (χ1v) is 10.4. The quantitative estimate of drug-likeness (QED) is 0.507. The van der Waals surface area contributed by atoms with Gasteiger partial charge in [-0.25, -0.2) is 0 Å². The van der Waals surface area contributed by atoms with E-state index in [0.29, 0.717) is 0 Å². The van der Waals surface area contributed by atoms with Gasteiger partial charge in [0.25, 0.3) is 0 Å².